The number of unbranched alkanes of at least 4 members (excludes halogenated alkanes) is 1. The minimum absolute atomic E-state index is 0.595. The fourth-order valence-electron chi connectivity index (χ4n) is 4.12. The van der Waals surface area contributed by atoms with E-state index in [1.807, 2.05) is 6.92 Å². The van der Waals surface area contributed by atoms with Gasteiger partial charge in [-0.15, -0.1) is 0 Å². The molecule has 136 valence electrons. The molecule has 0 aliphatic heterocycles. The zero-order valence-corrected chi connectivity index (χ0v) is 16.9. The predicted molar refractivity (Wildman–Crippen MR) is 108 cm³/mol. The van der Waals surface area contributed by atoms with E-state index >= 15 is 0 Å². The standard InChI is InChI=1S/C21H33N4/c1-8-10-11-25(9-2,19-15(4)12-14(3)13-16(19)5)21-17(6)20(22)23-18(7)24-21/h12-13H,8-11H2,1-7H3,(H2,22,23,24)/q+1. The molecule has 1 unspecified atom stereocenters. The summed E-state index contributed by atoms with van der Waals surface area (Å²) in [5.74, 6) is 2.39. The Morgan fingerprint density at radius 2 is 1.56 bits per heavy atom. The molecule has 0 saturated carbocycles. The van der Waals surface area contributed by atoms with Crippen molar-refractivity contribution in [1.29, 1.82) is 0 Å². The van der Waals surface area contributed by atoms with Crippen LogP contribution in [0.2, 0.25) is 0 Å². The number of rotatable bonds is 6. The Balaban J connectivity index is 2.85. The number of hydrogen-bond donors (Lipinski definition) is 1. The number of nitrogens with two attached hydrogens (primary N) is 1. The maximum Gasteiger partial charge on any atom is 0.241 e. The summed E-state index contributed by atoms with van der Waals surface area (Å²) < 4.78 is 0.741. The summed E-state index contributed by atoms with van der Waals surface area (Å²) in [7, 11) is 0. The van der Waals surface area contributed by atoms with E-state index in [-0.39, 0.29) is 0 Å². The lowest BCUT2D eigenvalue weighted by Gasteiger charge is -2.39. The highest BCUT2D eigenvalue weighted by Gasteiger charge is 2.38. The Bertz CT molecular complexity index is 744. The van der Waals surface area contributed by atoms with Crippen molar-refractivity contribution < 1.29 is 0 Å². The Morgan fingerprint density at radius 1 is 0.960 bits per heavy atom. The van der Waals surface area contributed by atoms with Gasteiger partial charge in [-0.2, -0.15) is 4.98 Å². The monoisotopic (exact) mass is 341 g/mol. The molecule has 0 bridgehead atoms. The first-order valence-electron chi connectivity index (χ1n) is 9.33. The molecule has 0 saturated heterocycles. The van der Waals surface area contributed by atoms with Crippen LogP contribution in [0.4, 0.5) is 17.3 Å². The average molecular weight is 342 g/mol. The van der Waals surface area contributed by atoms with Crippen LogP contribution >= 0.6 is 0 Å². The SMILES string of the molecule is CCCC[N+](CC)(c1nc(C)nc(N)c1C)c1c(C)cc(C)cc1C. The zero-order valence-electron chi connectivity index (χ0n) is 16.9. The second-order valence-electron chi connectivity index (χ2n) is 7.21. The van der Waals surface area contributed by atoms with E-state index in [9.17, 15) is 0 Å². The van der Waals surface area contributed by atoms with Gasteiger partial charge < -0.3 is 5.73 Å². The van der Waals surface area contributed by atoms with Crippen molar-refractivity contribution in [2.24, 2.45) is 0 Å². The third-order valence-corrected chi connectivity index (χ3v) is 5.17. The molecular formula is C21H33N4+. The minimum Gasteiger partial charge on any atom is -0.383 e. The molecule has 0 fully saturated rings. The van der Waals surface area contributed by atoms with Crippen molar-refractivity contribution in [3.63, 3.8) is 0 Å². The normalized spacial score (nSPS) is 13.7. The van der Waals surface area contributed by atoms with Crippen LogP contribution in [0.1, 0.15) is 54.8 Å². The zero-order chi connectivity index (χ0) is 18.8. The topological polar surface area (TPSA) is 51.8 Å². The van der Waals surface area contributed by atoms with E-state index < -0.39 is 0 Å². The van der Waals surface area contributed by atoms with Gasteiger partial charge in [0.2, 0.25) is 5.82 Å². The van der Waals surface area contributed by atoms with E-state index in [0.717, 1.165) is 47.6 Å². The van der Waals surface area contributed by atoms with E-state index in [2.05, 4.69) is 58.7 Å². The van der Waals surface area contributed by atoms with Crippen LogP contribution < -0.4 is 10.2 Å². The number of aromatic nitrogens is 2. The third kappa shape index (κ3) is 3.54. The first kappa shape index (κ1) is 19.4. The Kier molecular flexibility index (Phi) is 5.83. The Labute approximate surface area is 152 Å². The second-order valence-corrected chi connectivity index (χ2v) is 7.21. The van der Waals surface area contributed by atoms with Crippen LogP contribution in [0.15, 0.2) is 12.1 Å². The molecule has 0 amide bonds. The maximum absolute atomic E-state index is 6.22. The van der Waals surface area contributed by atoms with Gasteiger partial charge in [0.05, 0.1) is 18.7 Å². The molecule has 0 radical (unpaired) electrons. The molecule has 25 heavy (non-hydrogen) atoms. The van der Waals surface area contributed by atoms with Crippen molar-refractivity contribution in [2.75, 3.05) is 18.8 Å². The van der Waals surface area contributed by atoms with Gasteiger partial charge >= 0.3 is 0 Å². The van der Waals surface area contributed by atoms with Crippen molar-refractivity contribution in [1.82, 2.24) is 14.5 Å². The first-order chi connectivity index (χ1) is 11.8. The number of nitrogens with zero attached hydrogens (tertiary/aromatic N) is 3. The second kappa shape index (κ2) is 7.52. The van der Waals surface area contributed by atoms with Crippen LogP contribution in [-0.4, -0.2) is 23.1 Å². The molecule has 1 atom stereocenters. The molecule has 1 aromatic carbocycles. The minimum atomic E-state index is 0.595. The van der Waals surface area contributed by atoms with Gasteiger partial charge in [0, 0.05) is 11.1 Å². The van der Waals surface area contributed by atoms with Gasteiger partial charge in [-0.3, -0.25) is 0 Å². The average Bonchev–Trinajstić information content (AvgIpc) is 2.53. The summed E-state index contributed by atoms with van der Waals surface area (Å²) >= 11 is 0. The molecule has 0 aliphatic rings. The third-order valence-electron chi connectivity index (χ3n) is 5.17. The fourth-order valence-corrected chi connectivity index (χ4v) is 4.12. The molecule has 1 heterocycles. The van der Waals surface area contributed by atoms with Crippen LogP contribution in [-0.2, 0) is 0 Å². The van der Waals surface area contributed by atoms with Gasteiger partial charge in [0.15, 0.2) is 0 Å². The first-order valence-corrected chi connectivity index (χ1v) is 9.33. The molecule has 4 nitrogen and oxygen atoms in total. The number of benzene rings is 1. The quantitative estimate of drug-likeness (QED) is 0.747. The number of quaternary nitrogens is 1. The highest BCUT2D eigenvalue weighted by Crippen LogP contribution is 2.41. The molecule has 2 rings (SSSR count). The number of nitrogen functional groups attached to an aromatic ring is 1. The number of hydrogen-bond acceptors (Lipinski definition) is 3. The lowest BCUT2D eigenvalue weighted by atomic mass is 10.00. The summed E-state index contributed by atoms with van der Waals surface area (Å²) in [4.78, 5) is 9.26. The molecule has 1 aromatic heterocycles. The van der Waals surface area contributed by atoms with Crippen LogP contribution in [0, 0.1) is 34.6 Å². The fraction of sp³-hybridized carbons (Fsp3) is 0.524. The van der Waals surface area contributed by atoms with Crippen LogP contribution in [0.3, 0.4) is 0 Å². The van der Waals surface area contributed by atoms with Gasteiger partial charge in [-0.05, 0) is 48.0 Å². The molecule has 2 aromatic rings. The van der Waals surface area contributed by atoms with Crippen molar-refractivity contribution >= 4 is 17.3 Å². The van der Waals surface area contributed by atoms with E-state index in [0.29, 0.717) is 5.82 Å². The van der Waals surface area contributed by atoms with Crippen molar-refractivity contribution in [2.45, 2.75) is 61.3 Å². The molecule has 0 spiro atoms. The van der Waals surface area contributed by atoms with Crippen LogP contribution in [0.5, 0.6) is 0 Å². The van der Waals surface area contributed by atoms with Crippen molar-refractivity contribution in [3.05, 3.63) is 40.2 Å². The molecule has 4 heteroatoms. The smallest absolute Gasteiger partial charge is 0.241 e. The summed E-state index contributed by atoms with van der Waals surface area (Å²) in [6, 6.07) is 4.56. The summed E-state index contributed by atoms with van der Waals surface area (Å²) in [6.45, 7) is 17.0. The van der Waals surface area contributed by atoms with Gasteiger partial charge in [-0.1, -0.05) is 31.0 Å². The summed E-state index contributed by atoms with van der Waals surface area (Å²) in [6.07, 6.45) is 2.30. The number of anilines is 1. The molecular weight excluding hydrogens is 308 g/mol. The maximum atomic E-state index is 6.22. The van der Waals surface area contributed by atoms with E-state index in [1.54, 1.807) is 0 Å². The highest BCUT2D eigenvalue weighted by molar-refractivity contribution is 5.68. The molecule has 0 aliphatic carbocycles. The number of aryl methyl sites for hydroxylation is 4. The van der Waals surface area contributed by atoms with Gasteiger partial charge in [0.1, 0.15) is 17.3 Å². The van der Waals surface area contributed by atoms with Gasteiger partial charge in [0.25, 0.3) is 0 Å². The Morgan fingerprint density at radius 3 is 2.08 bits per heavy atom. The molecule has 2 N–H and O–H groups in total. The van der Waals surface area contributed by atoms with Gasteiger partial charge in [-0.25, -0.2) is 9.47 Å². The lowest BCUT2D eigenvalue weighted by Crippen LogP contribution is -2.47. The Hall–Kier alpha value is -1.94. The largest absolute Gasteiger partial charge is 0.383 e. The van der Waals surface area contributed by atoms with E-state index in [1.165, 1.54) is 22.4 Å². The van der Waals surface area contributed by atoms with Crippen molar-refractivity contribution in [3.8, 4) is 0 Å². The van der Waals surface area contributed by atoms with E-state index in [4.69, 9.17) is 10.7 Å². The van der Waals surface area contributed by atoms with Crippen LogP contribution in [0.25, 0.3) is 0 Å². The lowest BCUT2D eigenvalue weighted by molar-refractivity contribution is 0.375. The predicted octanol–water partition coefficient (Wildman–Crippen LogP) is 5.06. The highest BCUT2D eigenvalue weighted by atomic mass is 15.4. The summed E-state index contributed by atoms with van der Waals surface area (Å²) in [5.41, 5.74) is 12.5. The summed E-state index contributed by atoms with van der Waals surface area (Å²) in [5, 5.41) is 0.